The van der Waals surface area contributed by atoms with Crippen LogP contribution in [0.4, 0.5) is 10.1 Å². The minimum absolute atomic E-state index is 0.0112. The van der Waals surface area contributed by atoms with E-state index in [0.29, 0.717) is 5.56 Å². The van der Waals surface area contributed by atoms with Crippen molar-refractivity contribution in [3.8, 4) is 5.75 Å². The van der Waals surface area contributed by atoms with Gasteiger partial charge in [0.2, 0.25) is 5.69 Å². The van der Waals surface area contributed by atoms with E-state index in [4.69, 9.17) is 0 Å². The molecule has 1 amide bonds. The number of rotatable bonds is 4. The lowest BCUT2D eigenvalue weighted by atomic mass is 10.2. The Kier molecular flexibility index (Phi) is 4.38. The molecular formula is C16H12FN5O3. The summed E-state index contributed by atoms with van der Waals surface area (Å²) in [5.74, 6) is -1.34. The molecule has 1 heterocycles. The zero-order chi connectivity index (χ0) is 17.8. The van der Waals surface area contributed by atoms with Gasteiger partial charge in [-0.2, -0.15) is 10.3 Å². The van der Waals surface area contributed by atoms with Crippen LogP contribution in [0.5, 0.6) is 5.75 Å². The number of nitrogens with zero attached hydrogens (tertiary/aromatic N) is 3. The maximum absolute atomic E-state index is 13.1. The van der Waals surface area contributed by atoms with E-state index in [1.807, 2.05) is 0 Å². The van der Waals surface area contributed by atoms with Crippen molar-refractivity contribution in [2.24, 2.45) is 5.10 Å². The zero-order valence-corrected chi connectivity index (χ0v) is 12.7. The van der Waals surface area contributed by atoms with Crippen LogP contribution in [-0.2, 0) is 0 Å². The molecule has 0 aliphatic carbocycles. The van der Waals surface area contributed by atoms with E-state index < -0.39 is 23.0 Å². The van der Waals surface area contributed by atoms with Gasteiger partial charge in [-0.1, -0.05) is 18.2 Å². The summed E-state index contributed by atoms with van der Waals surface area (Å²) in [6.45, 7) is 0. The van der Waals surface area contributed by atoms with Gasteiger partial charge in [0.05, 0.1) is 6.21 Å². The topological polar surface area (TPSA) is 112 Å². The summed E-state index contributed by atoms with van der Waals surface area (Å²) in [6.07, 6.45) is 1.24. The van der Waals surface area contributed by atoms with Crippen molar-refractivity contribution in [2.75, 3.05) is 5.32 Å². The molecule has 0 saturated heterocycles. The minimum atomic E-state index is -0.802. The fraction of sp³-hybridized carbons (Fsp3) is 0. The first kappa shape index (κ1) is 16.1. The van der Waals surface area contributed by atoms with E-state index in [1.54, 1.807) is 18.2 Å². The van der Waals surface area contributed by atoms with Crippen LogP contribution in [0.25, 0.3) is 0 Å². The lowest BCUT2D eigenvalue weighted by molar-refractivity contribution is 0.102. The molecule has 126 valence electrons. The summed E-state index contributed by atoms with van der Waals surface area (Å²) in [5.41, 5.74) is -0.648. The van der Waals surface area contributed by atoms with Crippen molar-refractivity contribution in [1.82, 2.24) is 15.1 Å². The summed E-state index contributed by atoms with van der Waals surface area (Å²) in [6, 6.07) is 11.6. The molecule has 3 rings (SSSR count). The van der Waals surface area contributed by atoms with Gasteiger partial charge in [-0.25, -0.2) is 4.39 Å². The molecule has 0 bridgehead atoms. The highest BCUT2D eigenvalue weighted by Crippen LogP contribution is 2.12. The molecule has 0 fully saturated rings. The van der Waals surface area contributed by atoms with Crippen LogP contribution in [0.15, 0.2) is 58.4 Å². The van der Waals surface area contributed by atoms with Crippen LogP contribution < -0.4 is 10.9 Å². The number of phenolic OH excluding ortho intramolecular Hbond substituents is 1. The molecule has 8 nitrogen and oxygen atoms in total. The average molecular weight is 341 g/mol. The lowest BCUT2D eigenvalue weighted by Crippen LogP contribution is -2.23. The van der Waals surface area contributed by atoms with Gasteiger partial charge in [0.25, 0.3) is 5.91 Å². The summed E-state index contributed by atoms with van der Waals surface area (Å²) in [5, 5.41) is 21.7. The molecule has 2 aromatic carbocycles. The number of carbonyl (C=O) groups is 1. The Balaban J connectivity index is 1.80. The normalized spacial score (nSPS) is 10.9. The Labute approximate surface area is 140 Å². The number of amides is 1. The second kappa shape index (κ2) is 6.79. The lowest BCUT2D eigenvalue weighted by Gasteiger charge is -2.01. The number of hydrogen-bond acceptors (Lipinski definition) is 5. The molecule has 0 spiro atoms. The van der Waals surface area contributed by atoms with E-state index in [0.717, 1.165) is 10.9 Å². The van der Waals surface area contributed by atoms with Gasteiger partial charge in [-0.05, 0) is 30.3 Å². The van der Waals surface area contributed by atoms with Gasteiger partial charge < -0.3 is 10.4 Å². The number of aromatic hydroxyl groups is 1. The molecule has 3 aromatic rings. The van der Waals surface area contributed by atoms with Gasteiger partial charge in [-0.3, -0.25) is 9.59 Å². The van der Waals surface area contributed by atoms with Crippen LogP contribution in [-0.4, -0.2) is 32.3 Å². The number of benzene rings is 2. The monoisotopic (exact) mass is 341 g/mol. The van der Waals surface area contributed by atoms with E-state index in [9.17, 15) is 19.1 Å². The maximum atomic E-state index is 13.1. The van der Waals surface area contributed by atoms with Gasteiger partial charge in [-0.15, -0.1) is 9.89 Å². The smallest absolute Gasteiger partial charge is 0.320 e. The van der Waals surface area contributed by atoms with E-state index in [-0.39, 0.29) is 11.4 Å². The molecule has 0 unspecified atom stereocenters. The highest BCUT2D eigenvalue weighted by molar-refractivity contribution is 6.02. The Bertz CT molecular complexity index is 1010. The summed E-state index contributed by atoms with van der Waals surface area (Å²) in [7, 11) is 0. The molecule has 1 aromatic heterocycles. The zero-order valence-electron chi connectivity index (χ0n) is 12.7. The van der Waals surface area contributed by atoms with Crippen molar-refractivity contribution >= 4 is 17.8 Å². The average Bonchev–Trinajstić information content (AvgIpc) is 2.95. The van der Waals surface area contributed by atoms with Crippen LogP contribution in [0.2, 0.25) is 0 Å². The largest absolute Gasteiger partial charge is 0.507 e. The minimum Gasteiger partial charge on any atom is -0.507 e. The summed E-state index contributed by atoms with van der Waals surface area (Å²) in [4.78, 5) is 24.9. The number of para-hydroxylation sites is 1. The third kappa shape index (κ3) is 3.61. The van der Waals surface area contributed by atoms with Crippen molar-refractivity contribution in [2.45, 2.75) is 0 Å². The number of aromatic nitrogens is 3. The van der Waals surface area contributed by atoms with E-state index in [1.165, 1.54) is 30.5 Å². The van der Waals surface area contributed by atoms with Crippen LogP contribution in [0, 0.1) is 5.82 Å². The van der Waals surface area contributed by atoms with Crippen LogP contribution >= 0.6 is 0 Å². The van der Waals surface area contributed by atoms with E-state index >= 15 is 0 Å². The third-order valence-corrected chi connectivity index (χ3v) is 3.20. The predicted molar refractivity (Wildman–Crippen MR) is 88.3 cm³/mol. The van der Waals surface area contributed by atoms with Crippen molar-refractivity contribution < 1.29 is 14.3 Å². The first-order valence-corrected chi connectivity index (χ1v) is 7.11. The molecule has 0 saturated carbocycles. The quantitative estimate of drug-likeness (QED) is 0.625. The second-order valence-corrected chi connectivity index (χ2v) is 4.95. The number of carbonyl (C=O) groups excluding carboxylic acids is 1. The van der Waals surface area contributed by atoms with Gasteiger partial charge in [0, 0.05) is 11.3 Å². The van der Waals surface area contributed by atoms with Crippen LogP contribution in [0.3, 0.4) is 0 Å². The molecule has 0 atom stereocenters. The molecule has 0 radical (unpaired) electrons. The Morgan fingerprint density at radius 3 is 2.84 bits per heavy atom. The Morgan fingerprint density at radius 2 is 2.08 bits per heavy atom. The Hall–Kier alpha value is -3.75. The first-order valence-electron chi connectivity index (χ1n) is 7.11. The summed E-state index contributed by atoms with van der Waals surface area (Å²) >= 11 is 0. The maximum Gasteiger partial charge on any atom is 0.320 e. The summed E-state index contributed by atoms with van der Waals surface area (Å²) < 4.78 is 13.1. The van der Waals surface area contributed by atoms with Gasteiger partial charge in [0.15, 0.2) is 0 Å². The van der Waals surface area contributed by atoms with Crippen LogP contribution in [0.1, 0.15) is 16.1 Å². The molecule has 0 aliphatic rings. The number of H-pyrrole nitrogens is 1. The molecule has 9 heteroatoms. The highest BCUT2D eigenvalue weighted by atomic mass is 19.1. The number of halogens is 1. The predicted octanol–water partition coefficient (Wildman–Crippen LogP) is 1.55. The standard InChI is InChI=1S/C16H12FN5O3/c17-11-5-3-6-12(8-11)19-15(24)14-16(25)22(21-20-14)18-9-10-4-1-2-7-13(10)23/h1-9,21,23H,(H,19,24)/b18-9+. The van der Waals surface area contributed by atoms with Gasteiger partial charge >= 0.3 is 5.56 Å². The SMILES string of the molecule is O=C(Nc1cccc(F)c1)c1n[nH]n(/N=C/c2ccccc2O)c1=O. The Morgan fingerprint density at radius 1 is 1.28 bits per heavy atom. The number of hydrogen-bond donors (Lipinski definition) is 3. The van der Waals surface area contributed by atoms with Crippen molar-refractivity contribution in [3.05, 3.63) is 76.0 Å². The van der Waals surface area contributed by atoms with Gasteiger partial charge in [0.1, 0.15) is 11.6 Å². The number of nitrogens with one attached hydrogen (secondary N) is 2. The molecule has 3 N–H and O–H groups in total. The third-order valence-electron chi connectivity index (χ3n) is 3.20. The second-order valence-electron chi connectivity index (χ2n) is 4.95. The fourth-order valence-corrected chi connectivity index (χ4v) is 1.99. The first-order chi connectivity index (χ1) is 12.0. The molecule has 0 aliphatic heterocycles. The number of anilines is 1. The van der Waals surface area contributed by atoms with E-state index in [2.05, 4.69) is 20.7 Å². The van der Waals surface area contributed by atoms with Crippen molar-refractivity contribution in [1.29, 1.82) is 0 Å². The highest BCUT2D eigenvalue weighted by Gasteiger charge is 2.17. The molecular weight excluding hydrogens is 329 g/mol. The number of phenols is 1. The molecule has 25 heavy (non-hydrogen) atoms. The number of aromatic amines is 1. The van der Waals surface area contributed by atoms with Crippen molar-refractivity contribution in [3.63, 3.8) is 0 Å². The fourth-order valence-electron chi connectivity index (χ4n) is 1.99.